The van der Waals surface area contributed by atoms with E-state index < -0.39 is 0 Å². The number of benzene rings is 1. The molecule has 0 saturated carbocycles. The smallest absolute Gasteiger partial charge is 0.260 e. The Morgan fingerprint density at radius 2 is 2.14 bits per heavy atom. The molecule has 0 bridgehead atoms. The fraction of sp³-hybridized carbons (Fsp3) is 0.611. The van der Waals surface area contributed by atoms with E-state index in [1.165, 1.54) is 5.56 Å². The fourth-order valence-electron chi connectivity index (χ4n) is 3.48. The summed E-state index contributed by atoms with van der Waals surface area (Å²) in [6, 6.07) is 7.96. The topological polar surface area (TPSA) is 38.8 Å². The van der Waals surface area contributed by atoms with Gasteiger partial charge in [-0.05, 0) is 43.9 Å². The number of rotatable bonds is 4. The van der Waals surface area contributed by atoms with Crippen molar-refractivity contribution in [2.24, 2.45) is 5.92 Å². The van der Waals surface area contributed by atoms with Gasteiger partial charge in [0, 0.05) is 19.0 Å². The maximum atomic E-state index is 12.3. The zero-order chi connectivity index (χ0) is 15.5. The van der Waals surface area contributed by atoms with Crippen LogP contribution in [0.25, 0.3) is 0 Å². The van der Waals surface area contributed by atoms with Gasteiger partial charge in [0.1, 0.15) is 5.75 Å². The van der Waals surface area contributed by atoms with Crippen LogP contribution in [0.3, 0.4) is 0 Å². The minimum absolute atomic E-state index is 0.0811. The second kappa shape index (κ2) is 6.69. The largest absolute Gasteiger partial charge is 0.484 e. The van der Waals surface area contributed by atoms with Crippen molar-refractivity contribution in [2.75, 3.05) is 19.7 Å². The summed E-state index contributed by atoms with van der Waals surface area (Å²) < 4.78 is 11.5. The second-order valence-corrected chi connectivity index (χ2v) is 6.40. The molecule has 3 atom stereocenters. The third-order valence-corrected chi connectivity index (χ3v) is 4.75. The second-order valence-electron chi connectivity index (χ2n) is 6.40. The van der Waals surface area contributed by atoms with Gasteiger partial charge in [-0.1, -0.05) is 19.1 Å². The Balaban J connectivity index is 1.49. The first kappa shape index (κ1) is 15.3. The van der Waals surface area contributed by atoms with Crippen molar-refractivity contribution in [3.05, 3.63) is 29.8 Å². The van der Waals surface area contributed by atoms with Crippen LogP contribution in [0.5, 0.6) is 5.75 Å². The number of nitrogens with zero attached hydrogens (tertiary/aromatic N) is 1. The van der Waals surface area contributed by atoms with E-state index in [1.54, 1.807) is 0 Å². The van der Waals surface area contributed by atoms with Crippen LogP contribution >= 0.6 is 0 Å². The fourth-order valence-corrected chi connectivity index (χ4v) is 3.48. The van der Waals surface area contributed by atoms with E-state index in [2.05, 4.69) is 13.8 Å². The highest BCUT2D eigenvalue weighted by molar-refractivity contribution is 5.77. The van der Waals surface area contributed by atoms with Gasteiger partial charge in [-0.25, -0.2) is 0 Å². The maximum Gasteiger partial charge on any atom is 0.260 e. The SMILES string of the molecule is CCc1ccc(OCC(=O)N2CC[C@H]3O[C@H](C)C[C@@H]3C2)cc1. The van der Waals surface area contributed by atoms with Crippen LogP contribution < -0.4 is 4.74 Å². The van der Waals surface area contributed by atoms with Crippen molar-refractivity contribution < 1.29 is 14.3 Å². The summed E-state index contributed by atoms with van der Waals surface area (Å²) in [5.74, 6) is 1.34. The van der Waals surface area contributed by atoms with Crippen LogP contribution in [-0.2, 0) is 16.0 Å². The molecular weight excluding hydrogens is 278 g/mol. The van der Waals surface area contributed by atoms with E-state index in [0.717, 1.165) is 38.1 Å². The van der Waals surface area contributed by atoms with Crippen molar-refractivity contribution in [1.29, 1.82) is 0 Å². The van der Waals surface area contributed by atoms with Gasteiger partial charge >= 0.3 is 0 Å². The molecule has 3 rings (SSSR count). The molecule has 4 nitrogen and oxygen atoms in total. The van der Waals surface area contributed by atoms with Gasteiger partial charge in [-0.2, -0.15) is 0 Å². The number of hydrogen-bond acceptors (Lipinski definition) is 3. The van der Waals surface area contributed by atoms with Crippen LogP contribution in [0.15, 0.2) is 24.3 Å². The summed E-state index contributed by atoms with van der Waals surface area (Å²) in [4.78, 5) is 14.3. The summed E-state index contributed by atoms with van der Waals surface area (Å²) in [5.41, 5.74) is 1.27. The van der Waals surface area contributed by atoms with Gasteiger partial charge in [-0.3, -0.25) is 4.79 Å². The van der Waals surface area contributed by atoms with Gasteiger partial charge in [0.05, 0.1) is 12.2 Å². The van der Waals surface area contributed by atoms with Crippen molar-refractivity contribution in [3.63, 3.8) is 0 Å². The number of aryl methyl sites for hydroxylation is 1. The van der Waals surface area contributed by atoms with E-state index in [9.17, 15) is 4.79 Å². The van der Waals surface area contributed by atoms with Crippen LogP contribution in [-0.4, -0.2) is 42.7 Å². The Hall–Kier alpha value is -1.55. The van der Waals surface area contributed by atoms with Gasteiger partial charge in [0.15, 0.2) is 6.61 Å². The number of hydrogen-bond donors (Lipinski definition) is 0. The Labute approximate surface area is 132 Å². The zero-order valence-corrected chi connectivity index (χ0v) is 13.5. The Morgan fingerprint density at radius 3 is 2.86 bits per heavy atom. The molecule has 2 aliphatic rings. The first-order valence-electron chi connectivity index (χ1n) is 8.30. The number of carbonyl (C=O) groups excluding carboxylic acids is 1. The number of piperidine rings is 1. The molecule has 0 aliphatic carbocycles. The predicted octanol–water partition coefficient (Wildman–Crippen LogP) is 2.65. The van der Waals surface area contributed by atoms with Crippen molar-refractivity contribution in [2.45, 2.75) is 45.3 Å². The lowest BCUT2D eigenvalue weighted by molar-refractivity contribution is -0.136. The van der Waals surface area contributed by atoms with Crippen LogP contribution in [0.1, 0.15) is 32.3 Å². The monoisotopic (exact) mass is 303 g/mol. The highest BCUT2D eigenvalue weighted by Crippen LogP contribution is 2.32. The summed E-state index contributed by atoms with van der Waals surface area (Å²) in [6.07, 6.45) is 3.70. The summed E-state index contributed by atoms with van der Waals surface area (Å²) in [6.45, 7) is 5.96. The Bertz CT molecular complexity index is 514. The lowest BCUT2D eigenvalue weighted by Crippen LogP contribution is -2.46. The molecule has 2 saturated heterocycles. The van der Waals surface area contributed by atoms with E-state index in [1.807, 2.05) is 29.2 Å². The first-order valence-corrected chi connectivity index (χ1v) is 8.30. The zero-order valence-electron chi connectivity index (χ0n) is 13.5. The number of amides is 1. The normalized spacial score (nSPS) is 27.5. The molecule has 0 N–H and O–H groups in total. The molecule has 22 heavy (non-hydrogen) atoms. The average Bonchev–Trinajstić information content (AvgIpc) is 2.92. The van der Waals surface area contributed by atoms with E-state index in [-0.39, 0.29) is 12.5 Å². The molecule has 4 heteroatoms. The molecular formula is C18H25NO3. The summed E-state index contributed by atoms with van der Waals surface area (Å²) >= 11 is 0. The molecule has 2 aliphatic heterocycles. The van der Waals surface area contributed by atoms with E-state index in [0.29, 0.717) is 18.1 Å². The molecule has 0 spiro atoms. The predicted molar refractivity (Wildman–Crippen MR) is 85.0 cm³/mol. The lowest BCUT2D eigenvalue weighted by atomic mass is 9.93. The molecule has 0 aromatic heterocycles. The standard InChI is InChI=1S/C18H25NO3/c1-3-14-4-6-16(7-5-14)21-12-18(20)19-9-8-17-15(11-19)10-13(2)22-17/h4-7,13,15,17H,3,8-12H2,1-2H3/t13-,15-,17-/m1/s1. The molecule has 120 valence electrons. The van der Waals surface area contributed by atoms with Gasteiger partial charge < -0.3 is 14.4 Å². The highest BCUT2D eigenvalue weighted by atomic mass is 16.5. The molecule has 1 amide bonds. The average molecular weight is 303 g/mol. The third-order valence-electron chi connectivity index (χ3n) is 4.75. The number of ether oxygens (including phenoxy) is 2. The molecule has 1 aromatic carbocycles. The Morgan fingerprint density at radius 1 is 1.36 bits per heavy atom. The van der Waals surface area contributed by atoms with Crippen molar-refractivity contribution in [3.8, 4) is 5.75 Å². The minimum atomic E-state index is 0.0811. The number of carbonyl (C=O) groups is 1. The quantitative estimate of drug-likeness (QED) is 0.858. The number of likely N-dealkylation sites (tertiary alicyclic amines) is 1. The summed E-state index contributed by atoms with van der Waals surface area (Å²) in [5, 5.41) is 0. The molecule has 2 fully saturated rings. The molecule has 1 aromatic rings. The lowest BCUT2D eigenvalue weighted by Gasteiger charge is -2.34. The molecule has 2 heterocycles. The molecule has 0 radical (unpaired) electrons. The van der Waals surface area contributed by atoms with Crippen molar-refractivity contribution in [1.82, 2.24) is 4.90 Å². The van der Waals surface area contributed by atoms with Crippen LogP contribution in [0.4, 0.5) is 0 Å². The van der Waals surface area contributed by atoms with Gasteiger partial charge in [-0.15, -0.1) is 0 Å². The number of fused-ring (bicyclic) bond motifs is 1. The van der Waals surface area contributed by atoms with Gasteiger partial charge in [0.25, 0.3) is 5.91 Å². The minimum Gasteiger partial charge on any atom is -0.484 e. The van der Waals surface area contributed by atoms with Crippen LogP contribution in [0.2, 0.25) is 0 Å². The highest BCUT2D eigenvalue weighted by Gasteiger charge is 2.38. The molecule has 0 unspecified atom stereocenters. The van der Waals surface area contributed by atoms with Crippen molar-refractivity contribution >= 4 is 5.91 Å². The van der Waals surface area contributed by atoms with E-state index >= 15 is 0 Å². The maximum absolute atomic E-state index is 12.3. The Kier molecular flexibility index (Phi) is 4.67. The first-order chi connectivity index (χ1) is 10.7. The summed E-state index contributed by atoms with van der Waals surface area (Å²) in [7, 11) is 0. The van der Waals surface area contributed by atoms with Crippen LogP contribution in [0, 0.1) is 5.92 Å². The van der Waals surface area contributed by atoms with Gasteiger partial charge in [0.2, 0.25) is 0 Å². The van der Waals surface area contributed by atoms with E-state index in [4.69, 9.17) is 9.47 Å². The third kappa shape index (κ3) is 3.43.